The Bertz CT molecular complexity index is 1430. The number of rotatable bonds is 4. The van der Waals surface area contributed by atoms with Crippen molar-refractivity contribution in [1.29, 1.82) is 0 Å². The summed E-state index contributed by atoms with van der Waals surface area (Å²) in [6.45, 7) is 4.08. The number of furan rings is 1. The Hall–Kier alpha value is -3.83. The van der Waals surface area contributed by atoms with Crippen molar-refractivity contribution in [2.45, 2.75) is 13.8 Å². The van der Waals surface area contributed by atoms with Crippen LogP contribution in [-0.4, -0.2) is 10.9 Å². The molecule has 0 unspecified atom stereocenters. The highest BCUT2D eigenvalue weighted by atomic mass is 35.5. The van der Waals surface area contributed by atoms with Gasteiger partial charge in [0.1, 0.15) is 11.3 Å². The molecule has 5 aromatic rings. The monoisotopic (exact) mass is 442 g/mol. The summed E-state index contributed by atoms with van der Waals surface area (Å²) in [5.74, 6) is 1.01. The number of fused-ring (bicyclic) bond motifs is 1. The lowest BCUT2D eigenvalue weighted by atomic mass is 10.1. The van der Waals surface area contributed by atoms with E-state index in [1.54, 1.807) is 42.5 Å². The molecule has 5 rings (SSSR count). The summed E-state index contributed by atoms with van der Waals surface area (Å²) in [7, 11) is 0. The zero-order chi connectivity index (χ0) is 22.2. The molecule has 5 nitrogen and oxygen atoms in total. The van der Waals surface area contributed by atoms with Crippen LogP contribution in [0.4, 0.5) is 5.69 Å². The maximum atomic E-state index is 12.7. The van der Waals surface area contributed by atoms with Crippen LogP contribution >= 0.6 is 11.6 Å². The van der Waals surface area contributed by atoms with Gasteiger partial charge in [-0.25, -0.2) is 4.98 Å². The average molecular weight is 443 g/mol. The minimum atomic E-state index is -0.345. The Labute approximate surface area is 189 Å². The number of anilines is 1. The Morgan fingerprint density at radius 1 is 0.844 bits per heavy atom. The molecule has 0 aliphatic heterocycles. The highest BCUT2D eigenvalue weighted by molar-refractivity contribution is 6.30. The van der Waals surface area contributed by atoms with Crippen LogP contribution in [0, 0.1) is 13.8 Å². The minimum absolute atomic E-state index is 0.214. The third kappa shape index (κ3) is 4.03. The minimum Gasteiger partial charge on any atom is -0.451 e. The van der Waals surface area contributed by atoms with Crippen LogP contribution in [0.1, 0.15) is 21.7 Å². The van der Waals surface area contributed by atoms with Gasteiger partial charge in [-0.15, -0.1) is 0 Å². The smallest absolute Gasteiger partial charge is 0.291 e. The number of hydrogen-bond acceptors (Lipinski definition) is 4. The van der Waals surface area contributed by atoms with E-state index in [9.17, 15) is 4.79 Å². The molecule has 2 aromatic heterocycles. The van der Waals surface area contributed by atoms with Crippen molar-refractivity contribution in [3.63, 3.8) is 0 Å². The van der Waals surface area contributed by atoms with Crippen molar-refractivity contribution in [2.24, 2.45) is 0 Å². The number of hydrogen-bond donors (Lipinski definition) is 1. The fraction of sp³-hybridized carbons (Fsp3) is 0.0769. The lowest BCUT2D eigenvalue weighted by Crippen LogP contribution is -2.10. The number of carbonyl (C=O) groups is 1. The first kappa shape index (κ1) is 20.1. The molecule has 0 aliphatic carbocycles. The second-order valence-corrected chi connectivity index (χ2v) is 8.14. The van der Waals surface area contributed by atoms with Crippen LogP contribution in [0.15, 0.2) is 81.6 Å². The van der Waals surface area contributed by atoms with Gasteiger partial charge in [-0.2, -0.15) is 0 Å². The van der Waals surface area contributed by atoms with Crippen molar-refractivity contribution in [3.8, 4) is 22.8 Å². The largest absolute Gasteiger partial charge is 0.451 e. The van der Waals surface area contributed by atoms with Gasteiger partial charge < -0.3 is 14.2 Å². The highest BCUT2D eigenvalue weighted by Gasteiger charge is 2.14. The van der Waals surface area contributed by atoms with E-state index < -0.39 is 0 Å². The molecule has 158 valence electrons. The summed E-state index contributed by atoms with van der Waals surface area (Å²) >= 11 is 5.93. The van der Waals surface area contributed by atoms with E-state index in [0.717, 1.165) is 22.3 Å². The third-order valence-corrected chi connectivity index (χ3v) is 5.32. The zero-order valence-corrected chi connectivity index (χ0v) is 18.2. The zero-order valence-electron chi connectivity index (χ0n) is 17.5. The van der Waals surface area contributed by atoms with Crippen LogP contribution in [0.25, 0.3) is 33.9 Å². The molecule has 2 heterocycles. The van der Waals surface area contributed by atoms with Gasteiger partial charge in [-0.3, -0.25) is 4.79 Å². The summed E-state index contributed by atoms with van der Waals surface area (Å²) in [4.78, 5) is 17.3. The normalized spacial score (nSPS) is 11.1. The van der Waals surface area contributed by atoms with Crippen molar-refractivity contribution in [2.75, 3.05) is 5.32 Å². The standard InChI is InChI=1S/C26H19ClN2O3/c1-15-11-16(2)13-18(12-15)26-29-21-14-20(7-8-23(21)32-26)28-25(30)24-10-9-22(31-24)17-3-5-19(27)6-4-17/h3-14H,1-2H3,(H,28,30). The molecule has 0 spiro atoms. The predicted octanol–water partition coefficient (Wildman–Crippen LogP) is 7.28. The number of amides is 1. The van der Waals surface area contributed by atoms with Gasteiger partial charge in [0, 0.05) is 21.8 Å². The molecule has 0 bridgehead atoms. The number of benzene rings is 3. The quantitative estimate of drug-likeness (QED) is 0.317. The fourth-order valence-electron chi connectivity index (χ4n) is 3.65. The highest BCUT2D eigenvalue weighted by Crippen LogP contribution is 2.28. The number of nitrogens with zero attached hydrogens (tertiary/aromatic N) is 1. The first-order valence-electron chi connectivity index (χ1n) is 10.1. The maximum absolute atomic E-state index is 12.7. The van der Waals surface area contributed by atoms with Gasteiger partial charge in [0.15, 0.2) is 11.3 Å². The predicted molar refractivity (Wildman–Crippen MR) is 126 cm³/mol. The van der Waals surface area contributed by atoms with Gasteiger partial charge >= 0.3 is 0 Å². The number of aromatic nitrogens is 1. The summed E-state index contributed by atoms with van der Waals surface area (Å²) in [6.07, 6.45) is 0. The Kier molecular flexibility index (Phi) is 5.04. The SMILES string of the molecule is Cc1cc(C)cc(-c2nc3cc(NC(=O)c4ccc(-c5ccc(Cl)cc5)o4)ccc3o2)c1. The van der Waals surface area contributed by atoms with Crippen molar-refractivity contribution >= 4 is 34.3 Å². The Balaban J connectivity index is 1.37. The first-order chi connectivity index (χ1) is 15.4. The van der Waals surface area contributed by atoms with E-state index in [2.05, 4.69) is 16.4 Å². The molecule has 0 fully saturated rings. The van der Waals surface area contributed by atoms with Gasteiger partial charge in [0.2, 0.25) is 5.89 Å². The van der Waals surface area contributed by atoms with Crippen molar-refractivity contribution < 1.29 is 13.6 Å². The fourth-order valence-corrected chi connectivity index (χ4v) is 3.77. The third-order valence-electron chi connectivity index (χ3n) is 5.07. The number of carbonyl (C=O) groups excluding carboxylic acids is 1. The van der Waals surface area contributed by atoms with Crippen molar-refractivity contribution in [3.05, 3.63) is 94.7 Å². The van der Waals surface area contributed by atoms with Crippen LogP contribution in [0.5, 0.6) is 0 Å². The van der Waals surface area contributed by atoms with Gasteiger partial charge in [-0.1, -0.05) is 28.8 Å². The molecule has 1 N–H and O–H groups in total. The molecule has 0 saturated heterocycles. The van der Waals surface area contributed by atoms with E-state index >= 15 is 0 Å². The van der Waals surface area contributed by atoms with Gasteiger partial charge in [0.05, 0.1) is 0 Å². The molecule has 0 saturated carbocycles. The molecule has 0 radical (unpaired) electrons. The van der Waals surface area contributed by atoms with Crippen LogP contribution in [-0.2, 0) is 0 Å². The van der Waals surface area contributed by atoms with E-state index in [1.165, 1.54) is 0 Å². The molecule has 1 amide bonds. The van der Waals surface area contributed by atoms with Crippen LogP contribution in [0.2, 0.25) is 5.02 Å². The van der Waals surface area contributed by atoms with Crippen LogP contribution < -0.4 is 5.32 Å². The summed E-state index contributed by atoms with van der Waals surface area (Å²) < 4.78 is 11.6. The van der Waals surface area contributed by atoms with E-state index in [0.29, 0.717) is 33.5 Å². The van der Waals surface area contributed by atoms with E-state index in [4.69, 9.17) is 20.4 Å². The Morgan fingerprint density at radius 2 is 1.59 bits per heavy atom. The molecular weight excluding hydrogens is 424 g/mol. The lowest BCUT2D eigenvalue weighted by molar-refractivity contribution is 0.0997. The van der Waals surface area contributed by atoms with Gasteiger partial charge in [-0.05, 0) is 80.6 Å². The molecule has 0 atom stereocenters. The molecule has 32 heavy (non-hydrogen) atoms. The summed E-state index contributed by atoms with van der Waals surface area (Å²) in [6, 6.07) is 22.2. The Morgan fingerprint density at radius 3 is 2.34 bits per heavy atom. The summed E-state index contributed by atoms with van der Waals surface area (Å²) in [5.41, 5.74) is 5.98. The summed E-state index contributed by atoms with van der Waals surface area (Å²) in [5, 5.41) is 3.50. The van der Waals surface area contributed by atoms with E-state index in [-0.39, 0.29) is 11.7 Å². The topological polar surface area (TPSA) is 68.3 Å². The molecule has 0 aliphatic rings. The lowest BCUT2D eigenvalue weighted by Gasteiger charge is -2.02. The molecule has 6 heteroatoms. The maximum Gasteiger partial charge on any atom is 0.291 e. The molecule has 3 aromatic carbocycles. The number of nitrogens with one attached hydrogen (secondary N) is 1. The average Bonchev–Trinajstić information content (AvgIpc) is 3.41. The van der Waals surface area contributed by atoms with Crippen LogP contribution in [0.3, 0.4) is 0 Å². The second-order valence-electron chi connectivity index (χ2n) is 7.70. The van der Waals surface area contributed by atoms with Crippen molar-refractivity contribution in [1.82, 2.24) is 4.98 Å². The van der Waals surface area contributed by atoms with E-state index in [1.807, 2.05) is 38.1 Å². The number of halogens is 1. The number of aryl methyl sites for hydroxylation is 2. The number of oxazole rings is 1. The first-order valence-corrected chi connectivity index (χ1v) is 10.5. The second kappa shape index (κ2) is 8.02. The van der Waals surface area contributed by atoms with Gasteiger partial charge in [0.25, 0.3) is 5.91 Å². The molecular formula is C26H19ClN2O3.